The molecule has 3 N–H and O–H groups in total. The molecule has 0 radical (unpaired) electrons. The molecule has 0 aliphatic heterocycles. The van der Waals surface area contributed by atoms with Crippen LogP contribution in [0.4, 0.5) is 25.8 Å². The number of nitrogens with zero attached hydrogens (tertiary/aromatic N) is 1. The lowest BCUT2D eigenvalue weighted by Crippen LogP contribution is -2.32. The summed E-state index contributed by atoms with van der Waals surface area (Å²) in [5.41, 5.74) is 4.90. The van der Waals surface area contributed by atoms with Crippen LogP contribution in [0.3, 0.4) is 0 Å². The SMILES string of the molecule is Cc1ccc(Nc2ccc(Cl)cc2/C=N\NC(=O)C(=O)Nc2ccc(F)cc2F)cc1. The highest BCUT2D eigenvalue weighted by Gasteiger charge is 2.15. The molecule has 2 amide bonds. The highest BCUT2D eigenvalue weighted by molar-refractivity contribution is 6.39. The van der Waals surface area contributed by atoms with Gasteiger partial charge in [0.25, 0.3) is 0 Å². The van der Waals surface area contributed by atoms with Crippen molar-refractivity contribution in [1.29, 1.82) is 0 Å². The van der Waals surface area contributed by atoms with Crippen LogP contribution < -0.4 is 16.1 Å². The quantitative estimate of drug-likeness (QED) is 0.303. The number of halogens is 3. The van der Waals surface area contributed by atoms with E-state index in [-0.39, 0.29) is 5.69 Å². The summed E-state index contributed by atoms with van der Waals surface area (Å²) >= 11 is 6.05. The van der Waals surface area contributed by atoms with Crippen LogP contribution in [0, 0.1) is 18.6 Å². The van der Waals surface area contributed by atoms with E-state index < -0.39 is 23.4 Å². The van der Waals surface area contributed by atoms with Crippen molar-refractivity contribution in [2.24, 2.45) is 5.10 Å². The van der Waals surface area contributed by atoms with Gasteiger partial charge in [0.15, 0.2) is 0 Å². The topological polar surface area (TPSA) is 82.6 Å². The second kappa shape index (κ2) is 9.82. The molecule has 0 saturated heterocycles. The Bertz CT molecular complexity index is 1150. The summed E-state index contributed by atoms with van der Waals surface area (Å²) in [6.45, 7) is 1.98. The first kappa shape index (κ1) is 21.9. The van der Waals surface area contributed by atoms with Gasteiger partial charge in [0, 0.05) is 28.0 Å². The van der Waals surface area contributed by atoms with Gasteiger partial charge in [-0.15, -0.1) is 0 Å². The van der Waals surface area contributed by atoms with Gasteiger partial charge in [0.1, 0.15) is 11.6 Å². The Hall–Kier alpha value is -3.78. The Morgan fingerprint density at radius 2 is 1.65 bits per heavy atom. The zero-order valence-electron chi connectivity index (χ0n) is 16.2. The van der Waals surface area contributed by atoms with Crippen LogP contribution in [0.1, 0.15) is 11.1 Å². The van der Waals surface area contributed by atoms with Crippen molar-refractivity contribution in [3.63, 3.8) is 0 Å². The molecule has 0 aliphatic rings. The van der Waals surface area contributed by atoms with E-state index >= 15 is 0 Å². The minimum absolute atomic E-state index is 0.329. The van der Waals surface area contributed by atoms with Gasteiger partial charge in [-0.25, -0.2) is 14.2 Å². The summed E-state index contributed by atoms with van der Waals surface area (Å²) in [6.07, 6.45) is 1.31. The second-order valence-corrected chi connectivity index (χ2v) is 6.94. The lowest BCUT2D eigenvalue weighted by Gasteiger charge is -2.10. The van der Waals surface area contributed by atoms with Gasteiger partial charge in [0.05, 0.1) is 11.9 Å². The minimum atomic E-state index is -1.16. The van der Waals surface area contributed by atoms with Gasteiger partial charge < -0.3 is 10.6 Å². The molecule has 158 valence electrons. The number of nitrogens with one attached hydrogen (secondary N) is 3. The molecule has 6 nitrogen and oxygen atoms in total. The normalized spacial score (nSPS) is 10.7. The Morgan fingerprint density at radius 3 is 2.35 bits per heavy atom. The van der Waals surface area contributed by atoms with E-state index in [4.69, 9.17) is 11.6 Å². The number of carbonyl (C=O) groups is 2. The molecule has 0 heterocycles. The van der Waals surface area contributed by atoms with E-state index in [0.717, 1.165) is 23.4 Å². The summed E-state index contributed by atoms with van der Waals surface area (Å²) in [5.74, 6) is -4.10. The molecule has 0 atom stereocenters. The third-order valence-electron chi connectivity index (χ3n) is 4.10. The largest absolute Gasteiger partial charge is 0.355 e. The first-order valence-corrected chi connectivity index (χ1v) is 9.42. The van der Waals surface area contributed by atoms with Crippen molar-refractivity contribution in [2.45, 2.75) is 6.92 Å². The van der Waals surface area contributed by atoms with Crippen LogP contribution in [0.25, 0.3) is 0 Å². The third-order valence-corrected chi connectivity index (χ3v) is 4.33. The molecule has 0 saturated carbocycles. The van der Waals surface area contributed by atoms with Crippen LogP contribution >= 0.6 is 11.6 Å². The molecule has 3 aromatic rings. The van der Waals surface area contributed by atoms with E-state index in [9.17, 15) is 18.4 Å². The standard InChI is InChI=1S/C22H17ClF2N4O2/c1-13-2-6-17(7-3-13)27-19-8-4-15(23)10-14(19)12-26-29-22(31)21(30)28-20-9-5-16(24)11-18(20)25/h2-12,27H,1H3,(H,28,30)(H,29,31)/b26-12-. The van der Waals surface area contributed by atoms with E-state index in [1.165, 1.54) is 6.21 Å². The molecule has 3 rings (SSSR count). The second-order valence-electron chi connectivity index (χ2n) is 6.50. The summed E-state index contributed by atoms with van der Waals surface area (Å²) < 4.78 is 26.5. The Kier molecular flexibility index (Phi) is 6.94. The fraction of sp³-hybridized carbons (Fsp3) is 0.0455. The Labute approximate surface area is 181 Å². The highest BCUT2D eigenvalue weighted by atomic mass is 35.5. The van der Waals surface area contributed by atoms with E-state index in [2.05, 4.69) is 15.8 Å². The number of rotatable bonds is 5. The van der Waals surface area contributed by atoms with Crippen LogP contribution in [0.5, 0.6) is 0 Å². The molecule has 3 aromatic carbocycles. The van der Waals surface area contributed by atoms with Crippen molar-refractivity contribution in [3.8, 4) is 0 Å². The smallest absolute Gasteiger partial charge is 0.329 e. The van der Waals surface area contributed by atoms with Crippen molar-refractivity contribution < 1.29 is 18.4 Å². The Balaban J connectivity index is 1.66. The molecule has 0 spiro atoms. The number of anilines is 3. The lowest BCUT2D eigenvalue weighted by molar-refractivity contribution is -0.136. The summed E-state index contributed by atoms with van der Waals surface area (Å²) in [6, 6.07) is 15.3. The fourth-order valence-electron chi connectivity index (χ4n) is 2.53. The number of hydrogen-bond acceptors (Lipinski definition) is 4. The summed E-state index contributed by atoms with van der Waals surface area (Å²) in [7, 11) is 0. The molecule has 0 aliphatic carbocycles. The zero-order valence-corrected chi connectivity index (χ0v) is 17.0. The molecule has 0 aromatic heterocycles. The van der Waals surface area contributed by atoms with Crippen LogP contribution in [0.2, 0.25) is 5.02 Å². The molecule has 31 heavy (non-hydrogen) atoms. The predicted octanol–water partition coefficient (Wildman–Crippen LogP) is 4.76. The number of benzene rings is 3. The van der Waals surface area contributed by atoms with Crippen molar-refractivity contribution in [1.82, 2.24) is 5.43 Å². The van der Waals surface area contributed by atoms with Crippen molar-refractivity contribution in [2.75, 3.05) is 10.6 Å². The number of hydrogen-bond donors (Lipinski definition) is 3. The lowest BCUT2D eigenvalue weighted by atomic mass is 10.1. The van der Waals surface area contributed by atoms with Gasteiger partial charge in [-0.3, -0.25) is 9.59 Å². The van der Waals surface area contributed by atoms with Crippen molar-refractivity contribution in [3.05, 3.63) is 88.4 Å². The van der Waals surface area contributed by atoms with Gasteiger partial charge in [-0.2, -0.15) is 5.10 Å². The summed E-state index contributed by atoms with van der Waals surface area (Å²) in [4.78, 5) is 23.8. The minimum Gasteiger partial charge on any atom is -0.355 e. The zero-order chi connectivity index (χ0) is 22.4. The maximum absolute atomic E-state index is 13.6. The number of hydrazone groups is 1. The van der Waals surface area contributed by atoms with Gasteiger partial charge in [-0.1, -0.05) is 29.3 Å². The summed E-state index contributed by atoms with van der Waals surface area (Å²) in [5, 5.41) is 9.47. The number of carbonyl (C=O) groups excluding carboxylic acids is 2. The first-order valence-electron chi connectivity index (χ1n) is 9.04. The number of aryl methyl sites for hydroxylation is 1. The molecule has 0 unspecified atom stereocenters. The maximum atomic E-state index is 13.6. The first-order chi connectivity index (χ1) is 14.8. The van der Waals surface area contributed by atoms with Crippen LogP contribution in [-0.2, 0) is 9.59 Å². The maximum Gasteiger partial charge on any atom is 0.329 e. The molecule has 0 bridgehead atoms. The average molecular weight is 443 g/mol. The van der Waals surface area contributed by atoms with Gasteiger partial charge in [0.2, 0.25) is 0 Å². The average Bonchev–Trinajstić information content (AvgIpc) is 2.73. The molecular weight excluding hydrogens is 426 g/mol. The van der Waals surface area contributed by atoms with E-state index in [1.54, 1.807) is 18.2 Å². The van der Waals surface area contributed by atoms with E-state index in [1.807, 2.05) is 36.5 Å². The van der Waals surface area contributed by atoms with Crippen LogP contribution in [0.15, 0.2) is 65.8 Å². The Morgan fingerprint density at radius 1 is 0.935 bits per heavy atom. The highest BCUT2D eigenvalue weighted by Crippen LogP contribution is 2.23. The molecule has 0 fully saturated rings. The molecule has 9 heteroatoms. The van der Waals surface area contributed by atoms with E-state index in [0.29, 0.717) is 22.3 Å². The van der Waals surface area contributed by atoms with Gasteiger partial charge in [-0.05, 0) is 49.4 Å². The van der Waals surface area contributed by atoms with Crippen LogP contribution in [-0.4, -0.2) is 18.0 Å². The molecular formula is C22H17ClF2N4O2. The van der Waals surface area contributed by atoms with Crippen molar-refractivity contribution >= 4 is 46.7 Å². The third kappa shape index (κ3) is 6.10. The predicted molar refractivity (Wildman–Crippen MR) is 117 cm³/mol. The van der Waals surface area contributed by atoms with Gasteiger partial charge >= 0.3 is 11.8 Å². The monoisotopic (exact) mass is 442 g/mol. The number of amides is 2. The fourth-order valence-corrected chi connectivity index (χ4v) is 2.71.